The highest BCUT2D eigenvalue weighted by Gasteiger charge is 2.50. The summed E-state index contributed by atoms with van der Waals surface area (Å²) in [5.74, 6) is 0.511. The maximum Gasteiger partial charge on any atom is 0.137 e. The predicted octanol–water partition coefficient (Wildman–Crippen LogP) is 3.70. The number of aliphatic hydroxyl groups is 1. The molecule has 4 unspecified atom stereocenters. The van der Waals surface area contributed by atoms with E-state index >= 15 is 0 Å². The third kappa shape index (κ3) is 2.75. The summed E-state index contributed by atoms with van der Waals surface area (Å²) in [5, 5.41) is 11.1. The lowest BCUT2D eigenvalue weighted by Gasteiger charge is -2.52. The van der Waals surface area contributed by atoms with Crippen LogP contribution >= 0.6 is 0 Å². The van der Waals surface area contributed by atoms with E-state index in [9.17, 15) is 9.90 Å². The summed E-state index contributed by atoms with van der Waals surface area (Å²) in [7, 11) is 2.22. The fraction of sp³-hybridized carbons (Fsp3) is 0.640. The number of aryl methyl sites for hydroxylation is 1. The molecule has 5 rings (SSSR count). The summed E-state index contributed by atoms with van der Waals surface area (Å²) >= 11 is 0. The van der Waals surface area contributed by atoms with Gasteiger partial charge in [-0.2, -0.15) is 0 Å². The second-order valence-corrected chi connectivity index (χ2v) is 9.99. The van der Waals surface area contributed by atoms with Crippen molar-refractivity contribution in [2.75, 3.05) is 20.2 Å². The fourth-order valence-electron chi connectivity index (χ4n) is 6.72. The topological polar surface area (TPSA) is 45.5 Å². The Labute approximate surface area is 173 Å². The Bertz CT molecular complexity index is 957. The van der Waals surface area contributed by atoms with Crippen LogP contribution in [-0.4, -0.2) is 46.6 Å². The average Bonchev–Trinajstić information content (AvgIpc) is 3.30. The molecule has 3 heterocycles. The molecular weight excluding hydrogens is 360 g/mol. The smallest absolute Gasteiger partial charge is 0.137 e. The summed E-state index contributed by atoms with van der Waals surface area (Å²) in [6.07, 6.45) is 5.89. The molecule has 4 heteroatoms. The summed E-state index contributed by atoms with van der Waals surface area (Å²) in [4.78, 5) is 15.6. The Balaban J connectivity index is 1.55. The van der Waals surface area contributed by atoms with E-state index in [1.54, 1.807) is 11.3 Å². The first-order valence-corrected chi connectivity index (χ1v) is 11.4. The van der Waals surface area contributed by atoms with Crippen LogP contribution in [-0.2, 0) is 29.6 Å². The molecule has 4 atom stereocenters. The zero-order chi connectivity index (χ0) is 20.3. The summed E-state index contributed by atoms with van der Waals surface area (Å²) in [6.45, 7) is 6.57. The van der Waals surface area contributed by atoms with E-state index in [1.165, 1.54) is 29.3 Å². The zero-order valence-electron chi connectivity index (χ0n) is 18.1. The van der Waals surface area contributed by atoms with Gasteiger partial charge in [0.05, 0.1) is 0 Å². The lowest BCUT2D eigenvalue weighted by Crippen LogP contribution is -2.58. The van der Waals surface area contributed by atoms with Crippen molar-refractivity contribution in [1.29, 1.82) is 0 Å². The Morgan fingerprint density at radius 1 is 1.38 bits per heavy atom. The highest BCUT2D eigenvalue weighted by atomic mass is 16.3. The number of hydrogen-bond donors (Lipinski definition) is 1. The molecule has 0 spiro atoms. The van der Waals surface area contributed by atoms with Gasteiger partial charge in [0, 0.05) is 60.1 Å². The molecule has 1 aromatic heterocycles. The van der Waals surface area contributed by atoms with E-state index in [1.807, 2.05) is 0 Å². The van der Waals surface area contributed by atoms with Crippen LogP contribution < -0.4 is 0 Å². The number of nitrogens with zero attached hydrogens (tertiary/aromatic N) is 2. The molecular formula is C25H34N2O2. The normalized spacial score (nSPS) is 29.7. The van der Waals surface area contributed by atoms with Gasteiger partial charge in [0.1, 0.15) is 5.78 Å². The van der Waals surface area contributed by atoms with Gasteiger partial charge in [-0.15, -0.1) is 0 Å². The molecule has 1 N–H and O–H groups in total. The Hall–Kier alpha value is -1.65. The first kappa shape index (κ1) is 19.3. The third-order valence-electron chi connectivity index (χ3n) is 8.34. The molecule has 2 aromatic rings. The molecule has 1 saturated heterocycles. The summed E-state index contributed by atoms with van der Waals surface area (Å²) in [5.41, 5.74) is 6.02. The van der Waals surface area contributed by atoms with Crippen LogP contribution in [0.2, 0.25) is 0 Å². The first-order chi connectivity index (χ1) is 14.0. The second kappa shape index (κ2) is 6.95. The number of likely N-dealkylation sites (tertiary alicyclic amines) is 1. The maximum absolute atomic E-state index is 13.1. The van der Waals surface area contributed by atoms with Gasteiger partial charge in [-0.3, -0.25) is 4.79 Å². The molecule has 4 nitrogen and oxygen atoms in total. The number of benzene rings is 1. The van der Waals surface area contributed by atoms with E-state index in [4.69, 9.17) is 0 Å². The minimum Gasteiger partial charge on any atom is -0.396 e. The van der Waals surface area contributed by atoms with Gasteiger partial charge in [0.25, 0.3) is 0 Å². The van der Waals surface area contributed by atoms with Gasteiger partial charge in [-0.05, 0) is 55.8 Å². The van der Waals surface area contributed by atoms with Crippen molar-refractivity contribution in [3.63, 3.8) is 0 Å². The Morgan fingerprint density at radius 3 is 2.97 bits per heavy atom. The molecule has 1 aromatic carbocycles. The number of piperidine rings is 1. The van der Waals surface area contributed by atoms with Crippen LogP contribution in [0, 0.1) is 11.8 Å². The van der Waals surface area contributed by atoms with Crippen molar-refractivity contribution in [3.05, 3.63) is 35.0 Å². The van der Waals surface area contributed by atoms with Crippen molar-refractivity contribution < 1.29 is 9.90 Å². The molecule has 1 fully saturated rings. The van der Waals surface area contributed by atoms with Gasteiger partial charge in [-0.25, -0.2) is 0 Å². The number of hydrogen-bond acceptors (Lipinski definition) is 3. The quantitative estimate of drug-likeness (QED) is 0.841. The number of rotatable bonds is 5. The molecule has 156 valence electrons. The SMILES string of the molecule is CCC(CO)CC(=O)C1CN(C)C2Cc3c4n(c5cccc(c35)C2(C)C1)CCC4. The van der Waals surface area contributed by atoms with Crippen molar-refractivity contribution >= 4 is 16.7 Å². The molecule has 0 radical (unpaired) electrons. The Morgan fingerprint density at radius 2 is 2.21 bits per heavy atom. The molecule has 1 aliphatic carbocycles. The molecule has 3 aliphatic rings. The lowest BCUT2D eigenvalue weighted by molar-refractivity contribution is -0.127. The number of likely N-dealkylation sites (N-methyl/N-ethyl adjacent to an activating group) is 1. The molecule has 0 amide bonds. The number of ketones is 1. The van der Waals surface area contributed by atoms with E-state index in [2.05, 4.69) is 48.6 Å². The number of fused-ring (bicyclic) bond motifs is 5. The van der Waals surface area contributed by atoms with Crippen molar-refractivity contribution in [3.8, 4) is 0 Å². The minimum atomic E-state index is 0.00339. The van der Waals surface area contributed by atoms with Crippen LogP contribution in [0.15, 0.2) is 18.2 Å². The van der Waals surface area contributed by atoms with Crippen LogP contribution in [0.1, 0.15) is 56.4 Å². The Kier molecular flexibility index (Phi) is 4.63. The number of aromatic nitrogens is 1. The summed E-state index contributed by atoms with van der Waals surface area (Å²) in [6, 6.07) is 7.31. The van der Waals surface area contributed by atoms with Crippen molar-refractivity contribution in [1.82, 2.24) is 9.47 Å². The number of aliphatic hydroxyl groups excluding tert-OH is 1. The summed E-state index contributed by atoms with van der Waals surface area (Å²) < 4.78 is 2.56. The van der Waals surface area contributed by atoms with E-state index in [-0.39, 0.29) is 23.9 Å². The fourth-order valence-corrected chi connectivity index (χ4v) is 6.72. The van der Waals surface area contributed by atoms with Gasteiger partial charge in [-0.1, -0.05) is 32.4 Å². The van der Waals surface area contributed by atoms with Gasteiger partial charge in [0.15, 0.2) is 0 Å². The first-order valence-electron chi connectivity index (χ1n) is 11.4. The van der Waals surface area contributed by atoms with Crippen LogP contribution in [0.25, 0.3) is 10.9 Å². The van der Waals surface area contributed by atoms with Crippen LogP contribution in [0.5, 0.6) is 0 Å². The number of carbonyl (C=O) groups is 1. The maximum atomic E-state index is 13.1. The largest absolute Gasteiger partial charge is 0.396 e. The van der Waals surface area contributed by atoms with Crippen LogP contribution in [0.3, 0.4) is 0 Å². The highest BCUT2D eigenvalue weighted by Crippen LogP contribution is 2.51. The van der Waals surface area contributed by atoms with Gasteiger partial charge in [0.2, 0.25) is 0 Å². The van der Waals surface area contributed by atoms with E-state index < -0.39 is 0 Å². The van der Waals surface area contributed by atoms with Crippen LogP contribution in [0.4, 0.5) is 0 Å². The second-order valence-electron chi connectivity index (χ2n) is 9.99. The predicted molar refractivity (Wildman–Crippen MR) is 116 cm³/mol. The standard InChI is InChI=1S/C25H34N2O2/c1-4-16(15-28)11-22(29)17-13-25(2)19-7-5-8-21-24(19)18(12-23(25)26(3)14-17)20-9-6-10-27(20)21/h5,7-8,16-17,23,28H,4,6,9-15H2,1-3H3. The number of Topliss-reactive ketones (excluding diaryl/α,β-unsaturated/α-hetero) is 1. The zero-order valence-corrected chi connectivity index (χ0v) is 18.1. The van der Waals surface area contributed by atoms with Crippen molar-refractivity contribution in [2.45, 2.75) is 70.4 Å². The third-order valence-corrected chi connectivity index (χ3v) is 8.34. The van der Waals surface area contributed by atoms with E-state index in [0.717, 1.165) is 32.4 Å². The molecule has 2 aliphatic heterocycles. The average molecular weight is 395 g/mol. The highest BCUT2D eigenvalue weighted by molar-refractivity contribution is 5.92. The molecule has 0 saturated carbocycles. The minimum absolute atomic E-state index is 0.00339. The monoisotopic (exact) mass is 394 g/mol. The molecule has 29 heavy (non-hydrogen) atoms. The van der Waals surface area contributed by atoms with Gasteiger partial charge >= 0.3 is 0 Å². The lowest BCUT2D eigenvalue weighted by atomic mass is 9.61. The number of carbonyl (C=O) groups excluding carboxylic acids is 1. The molecule has 0 bridgehead atoms. The van der Waals surface area contributed by atoms with E-state index in [0.29, 0.717) is 18.2 Å². The van der Waals surface area contributed by atoms with Gasteiger partial charge < -0.3 is 14.6 Å². The van der Waals surface area contributed by atoms with Crippen molar-refractivity contribution in [2.24, 2.45) is 11.8 Å².